The number of fused-ring (bicyclic) bond motifs is 4. The average Bonchev–Trinajstić information content (AvgIpc) is 3.09. The first-order valence-corrected chi connectivity index (χ1v) is 14.2. The molecule has 202 valence electrons. The number of hydrogen-bond acceptors (Lipinski definition) is 3. The van der Waals surface area contributed by atoms with Gasteiger partial charge in [-0.1, -0.05) is 24.6 Å². The van der Waals surface area contributed by atoms with Crippen LogP contribution in [0.3, 0.4) is 0 Å². The Labute approximate surface area is 212 Å². The van der Waals surface area contributed by atoms with Gasteiger partial charge in [-0.15, -0.1) is 0 Å². The Balaban J connectivity index is 1.69. The van der Waals surface area contributed by atoms with Crippen LogP contribution in [-0.4, -0.2) is 38.7 Å². The van der Waals surface area contributed by atoms with Gasteiger partial charge in [0.15, 0.2) is 5.78 Å². The minimum absolute atomic E-state index is 0.0209. The third-order valence-corrected chi connectivity index (χ3v) is 10.5. The molecule has 1 aromatic carbocycles. The number of rotatable bonds is 3. The zero-order valence-corrected chi connectivity index (χ0v) is 21.2. The number of aliphatic hydroxyl groups is 1. The van der Waals surface area contributed by atoms with E-state index in [0.29, 0.717) is 36.1 Å². The van der Waals surface area contributed by atoms with E-state index in [4.69, 9.17) is 5.14 Å². The van der Waals surface area contributed by atoms with Crippen LogP contribution in [0.2, 0.25) is 0 Å². The van der Waals surface area contributed by atoms with Crippen LogP contribution in [0.1, 0.15) is 63.4 Å². The fraction of sp³-hybridized carbons (Fsp3) is 0.556. The average molecular weight is 544 g/mol. The highest BCUT2D eigenvalue weighted by Crippen LogP contribution is 2.70. The summed E-state index contributed by atoms with van der Waals surface area (Å²) in [6, 6.07) is 6.39. The summed E-state index contributed by atoms with van der Waals surface area (Å²) >= 11 is 0. The molecule has 1 aromatic rings. The lowest BCUT2D eigenvalue weighted by molar-refractivity contribution is -0.362. The molecule has 0 aliphatic heterocycles. The van der Waals surface area contributed by atoms with Gasteiger partial charge in [-0.2, -0.15) is 22.0 Å². The summed E-state index contributed by atoms with van der Waals surface area (Å²) in [4.78, 5) is 12.4. The van der Waals surface area contributed by atoms with E-state index < -0.39 is 51.1 Å². The first kappa shape index (κ1) is 26.6. The molecule has 5 rings (SSSR count). The largest absolute Gasteiger partial charge is 0.456 e. The molecule has 0 saturated heterocycles. The SMILES string of the molecule is C=S(N)(=O)c1ccc([C@@H]2C[C@@]3(C)[C@@H](CC[C@@]3(O)C(F)(F)C(F)(F)F)[C@@H]3CCC4=CC(=O)CCC4=C23)cc1. The lowest BCUT2D eigenvalue weighted by atomic mass is 9.50. The zero-order valence-electron chi connectivity index (χ0n) is 20.4. The molecule has 0 radical (unpaired) electrons. The Hall–Kier alpha value is -2.04. The second-order valence-electron chi connectivity index (χ2n) is 11.3. The van der Waals surface area contributed by atoms with E-state index in [1.165, 1.54) is 19.1 Å². The van der Waals surface area contributed by atoms with Gasteiger partial charge >= 0.3 is 12.1 Å². The highest BCUT2D eigenvalue weighted by Gasteiger charge is 2.79. The van der Waals surface area contributed by atoms with E-state index in [9.17, 15) is 36.1 Å². The number of allylic oxidation sites excluding steroid dienone is 4. The van der Waals surface area contributed by atoms with Crippen molar-refractivity contribution in [3.05, 3.63) is 52.6 Å². The second-order valence-corrected chi connectivity index (χ2v) is 13.2. The Bertz CT molecular complexity index is 1310. The number of halogens is 5. The molecule has 6 atom stereocenters. The van der Waals surface area contributed by atoms with Crippen LogP contribution in [0.15, 0.2) is 52.0 Å². The molecule has 0 amide bonds. The first-order chi connectivity index (χ1) is 17.0. The van der Waals surface area contributed by atoms with E-state index in [-0.39, 0.29) is 24.5 Å². The van der Waals surface area contributed by atoms with Gasteiger partial charge in [-0.3, -0.25) is 9.93 Å². The van der Waals surface area contributed by atoms with Crippen molar-refractivity contribution in [3.8, 4) is 0 Å². The highest BCUT2D eigenvalue weighted by atomic mass is 32.2. The van der Waals surface area contributed by atoms with E-state index in [0.717, 1.165) is 16.7 Å². The van der Waals surface area contributed by atoms with E-state index in [1.807, 2.05) is 0 Å². The predicted molar refractivity (Wildman–Crippen MR) is 130 cm³/mol. The summed E-state index contributed by atoms with van der Waals surface area (Å²) in [6.45, 7) is 1.38. The van der Waals surface area contributed by atoms with Crippen LogP contribution < -0.4 is 5.14 Å². The fourth-order valence-corrected chi connectivity index (χ4v) is 8.24. The number of carbonyl (C=O) groups is 1. The smallest absolute Gasteiger partial charge is 0.383 e. The van der Waals surface area contributed by atoms with E-state index in [1.54, 1.807) is 18.2 Å². The third kappa shape index (κ3) is 3.77. The number of nitrogens with two attached hydrogens (primary N) is 1. The van der Waals surface area contributed by atoms with E-state index in [2.05, 4.69) is 5.87 Å². The van der Waals surface area contributed by atoms with Crippen LogP contribution in [0.25, 0.3) is 0 Å². The molecule has 10 heteroatoms. The Morgan fingerprint density at radius 1 is 1.08 bits per heavy atom. The van der Waals surface area contributed by atoms with Gasteiger partial charge in [-0.25, -0.2) is 4.21 Å². The highest BCUT2D eigenvalue weighted by molar-refractivity contribution is 7.98. The van der Waals surface area contributed by atoms with Crippen LogP contribution in [0.4, 0.5) is 22.0 Å². The topological polar surface area (TPSA) is 80.4 Å². The molecule has 3 N–H and O–H groups in total. The van der Waals surface area contributed by atoms with E-state index >= 15 is 0 Å². The number of ketones is 1. The minimum Gasteiger partial charge on any atom is -0.383 e. The molecular formula is C27H30F5NO3S. The maximum atomic E-state index is 15.0. The lowest BCUT2D eigenvalue weighted by Crippen LogP contribution is -2.65. The second kappa shape index (κ2) is 8.23. The van der Waals surface area contributed by atoms with Gasteiger partial charge < -0.3 is 5.11 Å². The third-order valence-electron chi connectivity index (χ3n) is 9.44. The van der Waals surface area contributed by atoms with Crippen molar-refractivity contribution < 1.29 is 36.1 Å². The van der Waals surface area contributed by atoms with Gasteiger partial charge in [0.2, 0.25) is 0 Å². The fourth-order valence-electron chi connectivity index (χ4n) is 7.64. The van der Waals surface area contributed by atoms with Crippen molar-refractivity contribution in [3.63, 3.8) is 0 Å². The summed E-state index contributed by atoms with van der Waals surface area (Å²) < 4.78 is 83.1. The molecule has 1 unspecified atom stereocenters. The van der Waals surface area contributed by atoms with Crippen LogP contribution in [-0.2, 0) is 14.5 Å². The summed E-state index contributed by atoms with van der Waals surface area (Å²) in [6.07, 6.45) is -3.11. The molecule has 2 fully saturated rings. The quantitative estimate of drug-likeness (QED) is 0.392. The Morgan fingerprint density at radius 2 is 1.73 bits per heavy atom. The van der Waals surface area contributed by atoms with Gasteiger partial charge in [0.05, 0.1) is 9.71 Å². The van der Waals surface area contributed by atoms with Gasteiger partial charge in [0, 0.05) is 22.6 Å². The summed E-state index contributed by atoms with van der Waals surface area (Å²) in [5.74, 6) is -3.21. The maximum Gasteiger partial charge on any atom is 0.456 e. The molecule has 0 aromatic heterocycles. The van der Waals surface area contributed by atoms with Gasteiger partial charge in [0.25, 0.3) is 0 Å². The monoisotopic (exact) mass is 543 g/mol. The van der Waals surface area contributed by atoms with Gasteiger partial charge in [0.1, 0.15) is 5.60 Å². The molecule has 4 aliphatic carbocycles. The summed E-state index contributed by atoms with van der Waals surface area (Å²) in [5, 5.41) is 16.9. The number of hydrogen-bond donors (Lipinski definition) is 2. The lowest BCUT2D eigenvalue weighted by Gasteiger charge is -2.56. The number of carbonyl (C=O) groups excluding carboxylic acids is 1. The van der Waals surface area contributed by atoms with Crippen molar-refractivity contribution in [2.45, 2.75) is 80.4 Å². The standard InChI is InChI=1S/C27H30F5NO3S/c1-24-14-21(15-3-7-18(8-4-15)37(2,33)36)23-19-10-6-17(34)13-16(19)5-9-20(23)22(24)11-12-25(24,35)26(28,29)27(30,31)32/h3-4,7-8,13,20-22,35H,2,5-6,9-12,14H2,1H3,(H2,33,36)/t20-,21-,22-,24-,25-,37?/m0/s1. The van der Waals surface area contributed by atoms with Crippen molar-refractivity contribution in [2.75, 3.05) is 0 Å². The van der Waals surface area contributed by atoms with Crippen LogP contribution in [0, 0.1) is 17.3 Å². The Morgan fingerprint density at radius 3 is 2.32 bits per heavy atom. The van der Waals surface area contributed by atoms with Crippen molar-refractivity contribution in [2.24, 2.45) is 22.4 Å². The molecule has 2 saturated carbocycles. The molecule has 4 aliphatic rings. The Kier molecular flexibility index (Phi) is 5.91. The zero-order chi connectivity index (χ0) is 27.2. The molecule has 0 spiro atoms. The number of benzene rings is 1. The minimum atomic E-state index is -5.89. The van der Waals surface area contributed by atoms with Gasteiger partial charge in [-0.05, 0) is 91.1 Å². The van der Waals surface area contributed by atoms with Crippen molar-refractivity contribution in [1.82, 2.24) is 0 Å². The molecule has 4 nitrogen and oxygen atoms in total. The van der Waals surface area contributed by atoms with Crippen molar-refractivity contribution in [1.29, 1.82) is 0 Å². The molecule has 0 bridgehead atoms. The molecule has 0 heterocycles. The molecular weight excluding hydrogens is 513 g/mol. The predicted octanol–water partition coefficient (Wildman–Crippen LogP) is 5.46. The molecule has 37 heavy (non-hydrogen) atoms. The van der Waals surface area contributed by atoms with Crippen molar-refractivity contribution >= 4 is 21.4 Å². The summed E-state index contributed by atoms with van der Waals surface area (Å²) in [5.41, 5.74) is -1.45. The summed E-state index contributed by atoms with van der Waals surface area (Å²) in [7, 11) is -3.00. The van der Waals surface area contributed by atoms with Crippen LogP contribution in [0.5, 0.6) is 0 Å². The number of alkyl halides is 5. The maximum absolute atomic E-state index is 15.0. The first-order valence-electron chi connectivity index (χ1n) is 12.4. The van der Waals surface area contributed by atoms with Crippen LogP contribution >= 0.6 is 0 Å². The normalized spacial score (nSPS) is 35.8.